The van der Waals surface area contributed by atoms with Gasteiger partial charge in [0.1, 0.15) is 0 Å². The quantitative estimate of drug-likeness (QED) is 0.630. The van der Waals surface area contributed by atoms with Gasteiger partial charge in [-0.3, -0.25) is 0 Å². The van der Waals surface area contributed by atoms with Crippen molar-refractivity contribution in [2.24, 2.45) is 0 Å². The summed E-state index contributed by atoms with van der Waals surface area (Å²) in [6.07, 6.45) is 6.00. The second-order valence-corrected chi connectivity index (χ2v) is 9.04. The standard InChI is InChI=1S/C26H30F2N4O/c27-24-11-8-22(17-25(24)28)30-26(33)32(15-14-31-12-1-2-13-31)23-9-6-20(7-10-23)21-5-3-4-19(16-21)18-29/h3-5,8,11,16-17,20,23H,1-2,6-7,9-10,12-15H2,(H,30,33)/t20-,23+. The molecule has 0 aromatic heterocycles. The van der Waals surface area contributed by atoms with E-state index in [-0.39, 0.29) is 17.8 Å². The smallest absolute Gasteiger partial charge is 0.320 e. The third kappa shape index (κ3) is 5.88. The average Bonchev–Trinajstić information content (AvgIpc) is 3.36. The number of urea groups is 1. The predicted octanol–water partition coefficient (Wildman–Crippen LogP) is 5.49. The van der Waals surface area contributed by atoms with Gasteiger partial charge in [-0.05, 0) is 87.4 Å². The van der Waals surface area contributed by atoms with E-state index in [2.05, 4.69) is 22.4 Å². The van der Waals surface area contributed by atoms with Crippen LogP contribution in [0.5, 0.6) is 0 Å². The monoisotopic (exact) mass is 452 g/mol. The molecule has 2 aromatic carbocycles. The molecule has 1 aliphatic carbocycles. The van der Waals surface area contributed by atoms with Gasteiger partial charge in [0, 0.05) is 30.9 Å². The molecule has 0 unspecified atom stereocenters. The fourth-order valence-electron chi connectivity index (χ4n) is 5.06. The first-order chi connectivity index (χ1) is 16.0. The van der Waals surface area contributed by atoms with E-state index in [4.69, 9.17) is 0 Å². The van der Waals surface area contributed by atoms with Gasteiger partial charge < -0.3 is 15.1 Å². The van der Waals surface area contributed by atoms with E-state index >= 15 is 0 Å². The number of nitrogens with zero attached hydrogens (tertiary/aromatic N) is 3. The molecular formula is C26H30F2N4O. The maximum absolute atomic E-state index is 13.6. The minimum absolute atomic E-state index is 0.0910. The Labute approximate surface area is 194 Å². The Morgan fingerprint density at radius 1 is 1.06 bits per heavy atom. The number of amides is 2. The molecule has 1 saturated carbocycles. The number of carbonyl (C=O) groups excluding carboxylic acids is 1. The SMILES string of the molecule is N#Cc1cccc([C@H]2CC[C@@H](N(CCN3CCCC3)C(=O)Nc3ccc(F)c(F)c3)CC2)c1. The van der Waals surface area contributed by atoms with E-state index in [1.165, 1.54) is 24.5 Å². The molecule has 0 spiro atoms. The molecule has 2 amide bonds. The van der Waals surface area contributed by atoms with Crippen molar-refractivity contribution in [1.29, 1.82) is 5.26 Å². The second-order valence-electron chi connectivity index (χ2n) is 9.04. The molecule has 7 heteroatoms. The first kappa shape index (κ1) is 23.2. The molecule has 1 N–H and O–H groups in total. The number of benzene rings is 2. The van der Waals surface area contributed by atoms with E-state index < -0.39 is 11.6 Å². The highest BCUT2D eigenvalue weighted by atomic mass is 19.2. The highest BCUT2D eigenvalue weighted by Gasteiger charge is 2.30. The number of halogens is 2. The van der Waals surface area contributed by atoms with Crippen molar-refractivity contribution in [1.82, 2.24) is 9.80 Å². The Hall–Kier alpha value is -2.98. The van der Waals surface area contributed by atoms with Crippen molar-refractivity contribution in [2.75, 3.05) is 31.5 Å². The molecule has 0 bridgehead atoms. The summed E-state index contributed by atoms with van der Waals surface area (Å²) in [5.41, 5.74) is 2.11. The molecule has 0 radical (unpaired) electrons. The van der Waals surface area contributed by atoms with E-state index in [0.717, 1.165) is 57.5 Å². The third-order valence-electron chi connectivity index (χ3n) is 6.91. The van der Waals surface area contributed by atoms with Crippen LogP contribution >= 0.6 is 0 Å². The summed E-state index contributed by atoms with van der Waals surface area (Å²) in [6, 6.07) is 13.2. The number of nitriles is 1. The summed E-state index contributed by atoms with van der Waals surface area (Å²) >= 11 is 0. The summed E-state index contributed by atoms with van der Waals surface area (Å²) in [4.78, 5) is 17.4. The number of nitrogens with one attached hydrogen (secondary N) is 1. The number of anilines is 1. The lowest BCUT2D eigenvalue weighted by Gasteiger charge is -2.38. The first-order valence-electron chi connectivity index (χ1n) is 11.8. The van der Waals surface area contributed by atoms with E-state index in [1.54, 1.807) is 0 Å². The molecule has 0 atom stereocenters. The van der Waals surface area contributed by atoms with Crippen LogP contribution in [0, 0.1) is 23.0 Å². The predicted molar refractivity (Wildman–Crippen MR) is 124 cm³/mol. The van der Waals surface area contributed by atoms with Crippen molar-refractivity contribution in [3.05, 3.63) is 65.2 Å². The van der Waals surface area contributed by atoms with Gasteiger partial charge in [-0.2, -0.15) is 5.26 Å². The summed E-state index contributed by atoms with van der Waals surface area (Å²) < 4.78 is 26.9. The third-order valence-corrected chi connectivity index (χ3v) is 6.91. The molecule has 2 aromatic rings. The zero-order valence-electron chi connectivity index (χ0n) is 18.8. The summed E-state index contributed by atoms with van der Waals surface area (Å²) in [5, 5.41) is 12.0. The van der Waals surface area contributed by atoms with Crippen LogP contribution in [-0.2, 0) is 0 Å². The van der Waals surface area contributed by atoms with Gasteiger partial charge in [0.15, 0.2) is 11.6 Å². The Balaban J connectivity index is 1.43. The van der Waals surface area contributed by atoms with Crippen molar-refractivity contribution in [3.63, 3.8) is 0 Å². The maximum Gasteiger partial charge on any atom is 0.322 e. The van der Waals surface area contributed by atoms with Gasteiger partial charge in [0.2, 0.25) is 0 Å². The Kier molecular flexibility index (Phi) is 7.56. The Morgan fingerprint density at radius 2 is 1.82 bits per heavy atom. The number of rotatable bonds is 6. The normalized spacial score (nSPS) is 20.9. The molecule has 1 saturated heterocycles. The van der Waals surface area contributed by atoms with Gasteiger partial charge in [0.05, 0.1) is 11.6 Å². The topological polar surface area (TPSA) is 59.4 Å². The summed E-state index contributed by atoms with van der Waals surface area (Å²) in [5.74, 6) is -1.53. The Bertz CT molecular complexity index is 1010. The van der Waals surface area contributed by atoms with Crippen LogP contribution < -0.4 is 5.32 Å². The minimum atomic E-state index is -0.975. The maximum atomic E-state index is 13.6. The highest BCUT2D eigenvalue weighted by molar-refractivity contribution is 5.89. The average molecular weight is 453 g/mol. The van der Waals surface area contributed by atoms with Gasteiger partial charge in [-0.15, -0.1) is 0 Å². The van der Waals surface area contributed by atoms with Gasteiger partial charge in [0.25, 0.3) is 0 Å². The minimum Gasteiger partial charge on any atom is -0.320 e. The zero-order chi connectivity index (χ0) is 23.2. The number of hydrogen-bond donors (Lipinski definition) is 1. The molecule has 1 heterocycles. The Morgan fingerprint density at radius 3 is 2.52 bits per heavy atom. The first-order valence-corrected chi connectivity index (χ1v) is 11.8. The fourth-order valence-corrected chi connectivity index (χ4v) is 5.06. The summed E-state index contributed by atoms with van der Waals surface area (Å²) in [7, 11) is 0. The molecule has 174 valence electrons. The van der Waals surface area contributed by atoms with Gasteiger partial charge in [-0.1, -0.05) is 12.1 Å². The molecule has 2 aliphatic rings. The zero-order valence-corrected chi connectivity index (χ0v) is 18.8. The van der Waals surface area contributed by atoms with Crippen molar-refractivity contribution < 1.29 is 13.6 Å². The molecule has 33 heavy (non-hydrogen) atoms. The van der Waals surface area contributed by atoms with Crippen LogP contribution in [0.4, 0.5) is 19.3 Å². The highest BCUT2D eigenvalue weighted by Crippen LogP contribution is 2.35. The largest absolute Gasteiger partial charge is 0.322 e. The van der Waals surface area contributed by atoms with Crippen LogP contribution in [0.2, 0.25) is 0 Å². The lowest BCUT2D eigenvalue weighted by atomic mass is 9.81. The van der Waals surface area contributed by atoms with E-state index in [0.29, 0.717) is 18.0 Å². The van der Waals surface area contributed by atoms with Crippen molar-refractivity contribution >= 4 is 11.7 Å². The summed E-state index contributed by atoms with van der Waals surface area (Å²) in [6.45, 7) is 3.53. The van der Waals surface area contributed by atoms with Crippen LogP contribution in [0.1, 0.15) is 55.6 Å². The van der Waals surface area contributed by atoms with Crippen molar-refractivity contribution in [2.45, 2.75) is 50.5 Å². The van der Waals surface area contributed by atoms with E-state index in [9.17, 15) is 18.8 Å². The number of carbonyl (C=O) groups is 1. The number of likely N-dealkylation sites (tertiary alicyclic amines) is 1. The van der Waals surface area contributed by atoms with Crippen LogP contribution in [0.15, 0.2) is 42.5 Å². The van der Waals surface area contributed by atoms with Crippen molar-refractivity contribution in [3.8, 4) is 6.07 Å². The molecule has 5 nitrogen and oxygen atoms in total. The van der Waals surface area contributed by atoms with Crippen LogP contribution in [-0.4, -0.2) is 48.1 Å². The van der Waals surface area contributed by atoms with Crippen LogP contribution in [0.3, 0.4) is 0 Å². The molecular weight excluding hydrogens is 422 g/mol. The van der Waals surface area contributed by atoms with Gasteiger partial charge >= 0.3 is 6.03 Å². The second kappa shape index (κ2) is 10.8. The van der Waals surface area contributed by atoms with Crippen LogP contribution in [0.25, 0.3) is 0 Å². The number of hydrogen-bond acceptors (Lipinski definition) is 3. The lowest BCUT2D eigenvalue weighted by molar-refractivity contribution is 0.151. The van der Waals surface area contributed by atoms with Gasteiger partial charge in [-0.25, -0.2) is 13.6 Å². The lowest BCUT2D eigenvalue weighted by Crippen LogP contribution is -2.47. The van der Waals surface area contributed by atoms with E-state index in [1.807, 2.05) is 23.1 Å². The molecule has 1 aliphatic heterocycles. The fraction of sp³-hybridized carbons (Fsp3) is 0.462. The molecule has 2 fully saturated rings. The molecule has 4 rings (SSSR count).